The normalized spacial score (nSPS) is 20.6. The molecule has 1 amide bonds. The number of nitrogens with one attached hydrogen (secondary N) is 2. The minimum atomic E-state index is 0.0426. The minimum Gasteiger partial charge on any atom is -0.365 e. The van der Waals surface area contributed by atoms with E-state index in [2.05, 4.69) is 10.6 Å². The van der Waals surface area contributed by atoms with Crippen molar-refractivity contribution < 1.29 is 4.79 Å². The molecular weight excluding hydrogens is 200 g/mol. The predicted octanol–water partition coefficient (Wildman–Crippen LogP) is 1.99. The summed E-state index contributed by atoms with van der Waals surface area (Å²) in [5, 5.41) is 6.72. The first-order valence-corrected chi connectivity index (χ1v) is 4.93. The van der Waals surface area contributed by atoms with E-state index < -0.39 is 0 Å². The maximum Gasteiger partial charge on any atom is 0.221 e. The van der Waals surface area contributed by atoms with Gasteiger partial charge in [0.25, 0.3) is 0 Å². The molecule has 1 unspecified atom stereocenters. The van der Waals surface area contributed by atoms with Crippen molar-refractivity contribution in [2.75, 3.05) is 5.32 Å². The number of halogens is 1. The third kappa shape index (κ3) is 2.17. The highest BCUT2D eigenvalue weighted by atomic mass is 35.5. The molecular formula is C10H11ClN2O. The molecule has 0 bridgehead atoms. The van der Waals surface area contributed by atoms with Crippen molar-refractivity contribution in [2.45, 2.75) is 19.0 Å². The number of amides is 1. The van der Waals surface area contributed by atoms with Gasteiger partial charge in [0.05, 0.1) is 6.17 Å². The van der Waals surface area contributed by atoms with Gasteiger partial charge >= 0.3 is 0 Å². The summed E-state index contributed by atoms with van der Waals surface area (Å²) in [4.78, 5) is 10.9. The molecule has 0 aliphatic carbocycles. The fraction of sp³-hybridized carbons (Fsp3) is 0.300. The lowest BCUT2D eigenvalue weighted by Crippen LogP contribution is -2.32. The average molecular weight is 211 g/mol. The van der Waals surface area contributed by atoms with Crippen LogP contribution in [0, 0.1) is 0 Å². The molecule has 0 aromatic heterocycles. The lowest BCUT2D eigenvalue weighted by Gasteiger charge is -2.13. The summed E-state index contributed by atoms with van der Waals surface area (Å²) in [5.74, 6) is 0.101. The molecule has 1 heterocycles. The van der Waals surface area contributed by atoms with Crippen LogP contribution in [0.2, 0.25) is 5.02 Å². The van der Waals surface area contributed by atoms with E-state index in [0.717, 1.165) is 12.1 Å². The quantitative estimate of drug-likeness (QED) is 0.784. The maximum absolute atomic E-state index is 10.9. The van der Waals surface area contributed by atoms with Crippen LogP contribution in [0.3, 0.4) is 0 Å². The van der Waals surface area contributed by atoms with Gasteiger partial charge in [0.15, 0.2) is 0 Å². The first-order valence-electron chi connectivity index (χ1n) is 4.55. The number of rotatable bonds is 2. The van der Waals surface area contributed by atoms with Gasteiger partial charge in [-0.25, -0.2) is 0 Å². The van der Waals surface area contributed by atoms with Gasteiger partial charge in [-0.15, -0.1) is 0 Å². The van der Waals surface area contributed by atoms with Crippen LogP contribution in [0.4, 0.5) is 5.69 Å². The average Bonchev–Trinajstić information content (AvgIpc) is 2.51. The topological polar surface area (TPSA) is 41.1 Å². The van der Waals surface area contributed by atoms with E-state index >= 15 is 0 Å². The van der Waals surface area contributed by atoms with Gasteiger partial charge in [-0.05, 0) is 24.6 Å². The van der Waals surface area contributed by atoms with E-state index in [9.17, 15) is 4.79 Å². The Morgan fingerprint density at radius 3 is 3.00 bits per heavy atom. The number of anilines is 1. The van der Waals surface area contributed by atoms with Gasteiger partial charge in [0, 0.05) is 17.1 Å². The molecule has 0 radical (unpaired) electrons. The molecule has 2 rings (SSSR count). The smallest absolute Gasteiger partial charge is 0.221 e. The molecule has 1 saturated heterocycles. The number of hydrogen-bond donors (Lipinski definition) is 2. The molecule has 3 nitrogen and oxygen atoms in total. The highest BCUT2D eigenvalue weighted by Crippen LogP contribution is 2.17. The third-order valence-corrected chi connectivity index (χ3v) is 2.40. The number of benzene rings is 1. The number of carbonyl (C=O) groups excluding carboxylic acids is 1. The van der Waals surface area contributed by atoms with Crippen molar-refractivity contribution in [3.63, 3.8) is 0 Å². The Hall–Kier alpha value is -1.22. The molecule has 74 valence electrons. The van der Waals surface area contributed by atoms with E-state index in [1.165, 1.54) is 0 Å². The van der Waals surface area contributed by atoms with Crippen molar-refractivity contribution in [1.29, 1.82) is 0 Å². The molecule has 14 heavy (non-hydrogen) atoms. The van der Waals surface area contributed by atoms with Gasteiger partial charge in [-0.3, -0.25) is 4.79 Å². The Bertz CT molecular complexity index is 354. The number of carbonyl (C=O) groups is 1. The van der Waals surface area contributed by atoms with Crippen molar-refractivity contribution in [1.82, 2.24) is 5.32 Å². The summed E-state index contributed by atoms with van der Waals surface area (Å²) in [6, 6.07) is 7.46. The van der Waals surface area contributed by atoms with Crippen molar-refractivity contribution >= 4 is 23.2 Å². The van der Waals surface area contributed by atoms with E-state index in [-0.39, 0.29) is 12.1 Å². The maximum atomic E-state index is 10.9. The van der Waals surface area contributed by atoms with Crippen molar-refractivity contribution in [3.8, 4) is 0 Å². The molecule has 1 aromatic carbocycles. The Kier molecular flexibility index (Phi) is 2.59. The Balaban J connectivity index is 2.00. The number of hydrogen-bond acceptors (Lipinski definition) is 2. The fourth-order valence-electron chi connectivity index (χ4n) is 1.50. The molecule has 0 saturated carbocycles. The second-order valence-electron chi connectivity index (χ2n) is 3.31. The zero-order chi connectivity index (χ0) is 9.97. The zero-order valence-corrected chi connectivity index (χ0v) is 8.34. The van der Waals surface area contributed by atoms with Gasteiger partial charge in [-0.2, -0.15) is 0 Å². The molecule has 1 aliphatic rings. The highest BCUT2D eigenvalue weighted by Gasteiger charge is 2.19. The summed E-state index contributed by atoms with van der Waals surface area (Å²) in [7, 11) is 0. The molecule has 4 heteroatoms. The lowest BCUT2D eigenvalue weighted by molar-refractivity contribution is -0.119. The summed E-state index contributed by atoms with van der Waals surface area (Å²) >= 11 is 5.83. The van der Waals surface area contributed by atoms with Crippen LogP contribution in [-0.2, 0) is 4.79 Å². The van der Waals surface area contributed by atoms with E-state index in [1.54, 1.807) is 0 Å². The zero-order valence-electron chi connectivity index (χ0n) is 7.59. The van der Waals surface area contributed by atoms with Gasteiger partial charge < -0.3 is 10.6 Å². The molecule has 0 spiro atoms. The SMILES string of the molecule is O=C1CCC(Nc2cccc(Cl)c2)N1. The second kappa shape index (κ2) is 3.88. The monoisotopic (exact) mass is 210 g/mol. The molecule has 1 aromatic rings. The Morgan fingerprint density at radius 1 is 1.50 bits per heavy atom. The van der Waals surface area contributed by atoms with Crippen LogP contribution < -0.4 is 10.6 Å². The standard InChI is InChI=1S/C10H11ClN2O/c11-7-2-1-3-8(6-7)12-9-4-5-10(14)13-9/h1-3,6,9,12H,4-5H2,(H,13,14). The van der Waals surface area contributed by atoms with Crippen LogP contribution in [0.5, 0.6) is 0 Å². The molecule has 1 atom stereocenters. The van der Waals surface area contributed by atoms with Gasteiger partial charge in [-0.1, -0.05) is 17.7 Å². The fourth-order valence-corrected chi connectivity index (χ4v) is 1.69. The van der Waals surface area contributed by atoms with Gasteiger partial charge in [0.2, 0.25) is 5.91 Å². The Morgan fingerprint density at radius 2 is 2.36 bits per heavy atom. The minimum absolute atomic E-state index is 0.0426. The largest absolute Gasteiger partial charge is 0.365 e. The van der Waals surface area contributed by atoms with Crippen LogP contribution in [0.15, 0.2) is 24.3 Å². The summed E-state index contributed by atoms with van der Waals surface area (Å²) in [6.45, 7) is 0. The summed E-state index contributed by atoms with van der Waals surface area (Å²) < 4.78 is 0. The van der Waals surface area contributed by atoms with Gasteiger partial charge in [0.1, 0.15) is 0 Å². The van der Waals surface area contributed by atoms with Crippen LogP contribution in [-0.4, -0.2) is 12.1 Å². The first-order chi connectivity index (χ1) is 6.74. The lowest BCUT2D eigenvalue weighted by atomic mass is 10.3. The predicted molar refractivity (Wildman–Crippen MR) is 56.2 cm³/mol. The van der Waals surface area contributed by atoms with Crippen LogP contribution in [0.1, 0.15) is 12.8 Å². The van der Waals surface area contributed by atoms with Crippen molar-refractivity contribution in [3.05, 3.63) is 29.3 Å². The van der Waals surface area contributed by atoms with E-state index in [0.29, 0.717) is 11.4 Å². The van der Waals surface area contributed by atoms with Crippen molar-refractivity contribution in [2.24, 2.45) is 0 Å². The summed E-state index contributed by atoms with van der Waals surface area (Å²) in [5.41, 5.74) is 0.935. The van der Waals surface area contributed by atoms with E-state index in [4.69, 9.17) is 11.6 Å². The van der Waals surface area contributed by atoms with E-state index in [1.807, 2.05) is 24.3 Å². The molecule has 2 N–H and O–H groups in total. The first kappa shape index (κ1) is 9.34. The molecule has 1 aliphatic heterocycles. The third-order valence-electron chi connectivity index (χ3n) is 2.16. The molecule has 1 fully saturated rings. The van der Waals surface area contributed by atoms with Crippen LogP contribution in [0.25, 0.3) is 0 Å². The second-order valence-corrected chi connectivity index (χ2v) is 3.75. The van der Waals surface area contributed by atoms with Crippen LogP contribution >= 0.6 is 11.6 Å². The summed E-state index contributed by atoms with van der Waals surface area (Å²) in [6.07, 6.45) is 1.46. The highest BCUT2D eigenvalue weighted by molar-refractivity contribution is 6.30. The Labute approximate surface area is 87.4 Å².